The fourth-order valence-corrected chi connectivity index (χ4v) is 12.6. The summed E-state index contributed by atoms with van der Waals surface area (Å²) < 4.78 is 34.1. The lowest BCUT2D eigenvalue weighted by molar-refractivity contribution is -0.233. The number of piperidine rings is 1. The lowest BCUT2D eigenvalue weighted by Gasteiger charge is -2.72. The summed E-state index contributed by atoms with van der Waals surface area (Å²) in [5.41, 5.74) is 1.06. The predicted molar refractivity (Wildman–Crippen MR) is 166 cm³/mol. The Kier molecular flexibility index (Phi) is 7.39. The summed E-state index contributed by atoms with van der Waals surface area (Å²) in [7, 11) is 0. The minimum atomic E-state index is -2.72. The van der Waals surface area contributed by atoms with Crippen LogP contribution in [-0.4, -0.2) is 47.7 Å². The highest BCUT2D eigenvalue weighted by Gasteiger charge is 2.71. The number of alkyl halides is 2. The fraction of sp³-hybridized carbons (Fsp3) is 0.865. The average molecular weight is 616 g/mol. The van der Waals surface area contributed by atoms with Crippen molar-refractivity contribution in [3.63, 3.8) is 0 Å². The van der Waals surface area contributed by atoms with Gasteiger partial charge in [0.1, 0.15) is 6.10 Å². The van der Waals surface area contributed by atoms with E-state index in [0.717, 1.165) is 56.1 Å². The first-order chi connectivity index (χ1) is 20.3. The van der Waals surface area contributed by atoms with Crippen molar-refractivity contribution < 1.29 is 27.9 Å². The molecule has 6 aliphatic rings. The Morgan fingerprint density at radius 3 is 2.11 bits per heavy atom. The number of ether oxygens (including phenoxy) is 1. The van der Waals surface area contributed by atoms with Crippen LogP contribution in [0.1, 0.15) is 126 Å². The Bertz CT molecular complexity index is 1280. The van der Waals surface area contributed by atoms with Crippen molar-refractivity contribution in [2.75, 3.05) is 13.1 Å². The highest BCUT2D eigenvalue weighted by Crippen LogP contribution is 2.77. The van der Waals surface area contributed by atoms with Gasteiger partial charge in [0, 0.05) is 44.7 Å². The van der Waals surface area contributed by atoms with Crippen molar-refractivity contribution in [3.05, 3.63) is 11.1 Å². The predicted octanol–water partition coefficient (Wildman–Crippen LogP) is 8.16. The maximum absolute atomic E-state index is 14.5. The molecule has 5 nitrogen and oxygen atoms in total. The Labute approximate surface area is 263 Å². The second-order valence-corrected chi connectivity index (χ2v) is 17.4. The SMILES string of the molecule is CC(=O)O[C@H]1CC[C@]2(C)[C@H]3CC[C@@H]4C5=C(C(C)C)C(=O)C[C@]5(C(=O)N5CCC(F)(F)CC5)CC[C@@]4(C)[C@]3(C)CC[C@H]2C1(C)C. The molecule has 0 radical (unpaired) electrons. The van der Waals surface area contributed by atoms with Crippen LogP contribution in [0.4, 0.5) is 8.78 Å². The van der Waals surface area contributed by atoms with E-state index in [1.807, 2.05) is 0 Å². The van der Waals surface area contributed by atoms with Gasteiger partial charge in [-0.05, 0) is 102 Å². The summed E-state index contributed by atoms with van der Waals surface area (Å²) in [6.45, 7) is 17.9. The highest BCUT2D eigenvalue weighted by atomic mass is 19.3. The van der Waals surface area contributed by atoms with Gasteiger partial charge >= 0.3 is 5.97 Å². The highest BCUT2D eigenvalue weighted by molar-refractivity contribution is 6.07. The molecule has 4 saturated carbocycles. The van der Waals surface area contributed by atoms with Crippen molar-refractivity contribution in [2.24, 2.45) is 50.7 Å². The zero-order valence-electron chi connectivity index (χ0n) is 28.4. The molecular weight excluding hydrogens is 560 g/mol. The van der Waals surface area contributed by atoms with Crippen LogP contribution in [-0.2, 0) is 19.1 Å². The normalized spacial score (nSPS) is 44.4. The van der Waals surface area contributed by atoms with Crippen LogP contribution >= 0.6 is 0 Å². The number of hydrogen-bond donors (Lipinski definition) is 0. The van der Waals surface area contributed by atoms with Gasteiger partial charge in [0.2, 0.25) is 5.91 Å². The molecule has 0 aromatic carbocycles. The number of esters is 1. The lowest BCUT2D eigenvalue weighted by atomic mass is 9.33. The van der Waals surface area contributed by atoms with E-state index in [1.54, 1.807) is 4.90 Å². The summed E-state index contributed by atoms with van der Waals surface area (Å²) in [5.74, 6) is -1.77. The number of allylic oxidation sites excluding steroid dienone is 1. The van der Waals surface area contributed by atoms with Gasteiger partial charge in [-0.2, -0.15) is 0 Å². The molecule has 0 aromatic heterocycles. The standard InChI is InChI=1S/C37H55F2NO4/c1-22(2)29-25(42)21-36(31(43)40-19-17-37(38,39)18-20-40)16-15-34(7)24(30(29)36)9-10-27-33(6)13-12-28(44-23(3)41)32(4,5)26(33)11-14-35(27,34)8/h22,24,26-28H,9-21H2,1-8H3/t24-,26+,27-,28+,33+,34-,35-,36-/m1/s1. The van der Waals surface area contributed by atoms with E-state index in [9.17, 15) is 23.2 Å². The second kappa shape index (κ2) is 10.1. The van der Waals surface area contributed by atoms with E-state index in [-0.39, 0.29) is 89.6 Å². The fourth-order valence-electron chi connectivity index (χ4n) is 12.6. The summed E-state index contributed by atoms with van der Waals surface area (Å²) in [6.07, 6.45) is 7.17. The van der Waals surface area contributed by atoms with E-state index in [0.29, 0.717) is 18.3 Å². The first-order valence-corrected chi connectivity index (χ1v) is 17.5. The maximum atomic E-state index is 14.5. The Morgan fingerprint density at radius 2 is 1.50 bits per heavy atom. The van der Waals surface area contributed by atoms with E-state index in [2.05, 4.69) is 48.5 Å². The zero-order chi connectivity index (χ0) is 32.3. The van der Waals surface area contributed by atoms with Crippen LogP contribution < -0.4 is 0 Å². The molecule has 1 aliphatic heterocycles. The molecule has 1 amide bonds. The number of nitrogens with zero attached hydrogens (tertiary/aromatic N) is 1. The quantitative estimate of drug-likeness (QED) is 0.301. The molecule has 0 aromatic rings. The topological polar surface area (TPSA) is 63.7 Å². The summed E-state index contributed by atoms with van der Waals surface area (Å²) in [6, 6.07) is 0. The summed E-state index contributed by atoms with van der Waals surface area (Å²) in [4.78, 5) is 42.0. The third kappa shape index (κ3) is 4.28. The molecule has 0 bridgehead atoms. The molecule has 1 saturated heterocycles. The van der Waals surface area contributed by atoms with Crippen molar-refractivity contribution in [2.45, 2.75) is 138 Å². The van der Waals surface area contributed by atoms with Crippen LogP contribution in [0.2, 0.25) is 0 Å². The van der Waals surface area contributed by atoms with Gasteiger partial charge in [0.05, 0.1) is 5.41 Å². The second-order valence-electron chi connectivity index (χ2n) is 17.4. The smallest absolute Gasteiger partial charge is 0.302 e. The summed E-state index contributed by atoms with van der Waals surface area (Å²) >= 11 is 0. The molecule has 0 unspecified atom stereocenters. The molecule has 8 atom stereocenters. The van der Waals surface area contributed by atoms with Crippen LogP contribution in [0.5, 0.6) is 0 Å². The van der Waals surface area contributed by atoms with Gasteiger partial charge in [-0.1, -0.05) is 48.5 Å². The first-order valence-electron chi connectivity index (χ1n) is 17.5. The maximum Gasteiger partial charge on any atom is 0.302 e. The van der Waals surface area contributed by atoms with Gasteiger partial charge in [-0.3, -0.25) is 14.4 Å². The molecule has 5 fully saturated rings. The van der Waals surface area contributed by atoms with E-state index < -0.39 is 11.3 Å². The number of ketones is 1. The van der Waals surface area contributed by atoms with Crippen molar-refractivity contribution in [1.82, 2.24) is 4.90 Å². The van der Waals surface area contributed by atoms with Crippen LogP contribution in [0.3, 0.4) is 0 Å². The van der Waals surface area contributed by atoms with Gasteiger partial charge in [0.25, 0.3) is 5.92 Å². The third-order valence-corrected chi connectivity index (χ3v) is 14.9. The first kappa shape index (κ1) is 32.2. The van der Waals surface area contributed by atoms with Gasteiger partial charge in [0.15, 0.2) is 5.78 Å². The number of carbonyl (C=O) groups excluding carboxylic acids is 3. The minimum Gasteiger partial charge on any atom is -0.462 e. The number of amides is 1. The average Bonchev–Trinajstić information content (AvgIpc) is 3.23. The molecule has 5 aliphatic carbocycles. The molecule has 0 spiro atoms. The van der Waals surface area contributed by atoms with Gasteiger partial charge < -0.3 is 9.64 Å². The van der Waals surface area contributed by atoms with E-state index in [4.69, 9.17) is 4.74 Å². The van der Waals surface area contributed by atoms with Crippen molar-refractivity contribution >= 4 is 17.7 Å². The lowest BCUT2D eigenvalue weighted by Crippen LogP contribution is -2.66. The van der Waals surface area contributed by atoms with Gasteiger partial charge in [-0.25, -0.2) is 8.78 Å². The van der Waals surface area contributed by atoms with Crippen LogP contribution in [0, 0.1) is 50.7 Å². The molecular formula is C37H55F2NO4. The monoisotopic (exact) mass is 615 g/mol. The van der Waals surface area contributed by atoms with Crippen LogP contribution in [0.15, 0.2) is 11.1 Å². The molecule has 44 heavy (non-hydrogen) atoms. The molecule has 7 heteroatoms. The number of likely N-dealkylation sites (tertiary alicyclic amines) is 1. The zero-order valence-corrected chi connectivity index (χ0v) is 28.4. The number of rotatable bonds is 3. The molecule has 0 N–H and O–H groups in total. The minimum absolute atomic E-state index is 0.0244. The van der Waals surface area contributed by atoms with Gasteiger partial charge in [-0.15, -0.1) is 0 Å². The number of hydrogen-bond acceptors (Lipinski definition) is 4. The van der Waals surface area contributed by atoms with Crippen molar-refractivity contribution in [3.8, 4) is 0 Å². The Balaban J connectivity index is 1.38. The summed E-state index contributed by atoms with van der Waals surface area (Å²) in [5, 5.41) is 0. The van der Waals surface area contributed by atoms with Crippen molar-refractivity contribution in [1.29, 1.82) is 0 Å². The number of Topliss-reactive ketones (excluding diaryl/α,β-unsaturated/α-hetero) is 1. The molecule has 6 rings (SSSR count). The number of halogens is 2. The molecule has 1 heterocycles. The van der Waals surface area contributed by atoms with E-state index in [1.165, 1.54) is 6.92 Å². The number of carbonyl (C=O) groups is 3. The van der Waals surface area contributed by atoms with Crippen LogP contribution in [0.25, 0.3) is 0 Å². The third-order valence-electron chi connectivity index (χ3n) is 14.9. The van der Waals surface area contributed by atoms with E-state index >= 15 is 0 Å². The Hall–Kier alpha value is -1.79. The Morgan fingerprint density at radius 1 is 0.841 bits per heavy atom. The molecule has 246 valence electrons. The number of fused-ring (bicyclic) bond motifs is 7. The largest absolute Gasteiger partial charge is 0.462 e.